The zero-order valence-corrected chi connectivity index (χ0v) is 16.3. The molecule has 0 heterocycles. The van der Waals surface area contributed by atoms with Gasteiger partial charge in [-0.3, -0.25) is 0 Å². The van der Waals surface area contributed by atoms with Crippen molar-refractivity contribution in [1.29, 1.82) is 0 Å². The van der Waals surface area contributed by atoms with Crippen LogP contribution in [-0.4, -0.2) is 55.2 Å². The number of carbonyl (C=O) groups excluding carboxylic acids is 2. The lowest BCUT2D eigenvalue weighted by Crippen LogP contribution is -2.50. The number of unbranched alkanes of at least 4 members (excludes halogenated alkanes) is 2. The standard InChI is InChI=1S/C17H36N4O4/c1-6-8-10-19-16(22)24-14(4)21(12-13(3)18)15(5)25-17(23)20-11-9-7-2/h13-15H,6-12,18H2,1-5H3,(H,19,22)(H,20,23). The Hall–Kier alpha value is -1.54. The van der Waals surface area contributed by atoms with Crippen molar-refractivity contribution >= 4 is 12.2 Å². The van der Waals surface area contributed by atoms with Crippen molar-refractivity contribution in [1.82, 2.24) is 15.5 Å². The summed E-state index contributed by atoms with van der Waals surface area (Å²) in [5, 5.41) is 5.40. The molecule has 0 aliphatic carbocycles. The van der Waals surface area contributed by atoms with E-state index in [0.717, 1.165) is 25.7 Å². The first kappa shape index (κ1) is 23.5. The predicted molar refractivity (Wildman–Crippen MR) is 98.1 cm³/mol. The lowest BCUT2D eigenvalue weighted by molar-refractivity contribution is -0.0932. The molecule has 3 unspecified atom stereocenters. The number of alkyl carbamates (subject to hydrolysis) is 2. The number of carbonyl (C=O) groups is 2. The zero-order valence-electron chi connectivity index (χ0n) is 16.3. The van der Waals surface area contributed by atoms with Gasteiger partial charge in [0.05, 0.1) is 0 Å². The molecular formula is C17H36N4O4. The van der Waals surface area contributed by atoms with Gasteiger partial charge in [-0.2, -0.15) is 0 Å². The molecule has 0 rings (SSSR count). The molecule has 4 N–H and O–H groups in total. The van der Waals surface area contributed by atoms with Gasteiger partial charge in [0.1, 0.15) is 0 Å². The Morgan fingerprint density at radius 2 is 1.32 bits per heavy atom. The van der Waals surface area contributed by atoms with E-state index >= 15 is 0 Å². The van der Waals surface area contributed by atoms with Gasteiger partial charge in [0.15, 0.2) is 12.5 Å². The molecule has 0 aromatic heterocycles. The SMILES string of the molecule is CCCCNC(=O)OC(C)N(CC(C)N)C(C)OC(=O)NCCCC. The highest BCUT2D eigenvalue weighted by Gasteiger charge is 2.26. The van der Waals surface area contributed by atoms with Crippen molar-refractivity contribution in [2.75, 3.05) is 19.6 Å². The van der Waals surface area contributed by atoms with Gasteiger partial charge in [-0.1, -0.05) is 26.7 Å². The maximum absolute atomic E-state index is 11.8. The first-order valence-electron chi connectivity index (χ1n) is 9.22. The van der Waals surface area contributed by atoms with Crippen molar-refractivity contribution in [3.63, 3.8) is 0 Å². The van der Waals surface area contributed by atoms with Crippen molar-refractivity contribution < 1.29 is 19.1 Å². The number of nitrogens with two attached hydrogens (primary N) is 1. The molecule has 0 spiro atoms. The molecule has 0 aliphatic heterocycles. The highest BCUT2D eigenvalue weighted by Crippen LogP contribution is 2.10. The Balaban J connectivity index is 4.58. The molecule has 148 valence electrons. The molecule has 3 atom stereocenters. The lowest BCUT2D eigenvalue weighted by Gasteiger charge is -2.34. The first-order valence-corrected chi connectivity index (χ1v) is 9.22. The van der Waals surface area contributed by atoms with Crippen LogP contribution < -0.4 is 16.4 Å². The molecule has 0 saturated heterocycles. The average Bonchev–Trinajstić information content (AvgIpc) is 2.52. The highest BCUT2D eigenvalue weighted by molar-refractivity contribution is 5.67. The van der Waals surface area contributed by atoms with E-state index < -0.39 is 24.6 Å². The van der Waals surface area contributed by atoms with Crippen LogP contribution in [0.3, 0.4) is 0 Å². The van der Waals surface area contributed by atoms with Crippen LogP contribution in [0.1, 0.15) is 60.3 Å². The number of rotatable bonds is 12. The number of hydrogen-bond donors (Lipinski definition) is 3. The summed E-state index contributed by atoms with van der Waals surface area (Å²) in [6.07, 6.45) is 1.63. The molecule has 0 aromatic rings. The topological polar surface area (TPSA) is 106 Å². The molecule has 25 heavy (non-hydrogen) atoms. The fourth-order valence-corrected chi connectivity index (χ4v) is 2.19. The zero-order chi connectivity index (χ0) is 19.2. The predicted octanol–water partition coefficient (Wildman–Crippen LogP) is 2.38. The fourth-order valence-electron chi connectivity index (χ4n) is 2.19. The van der Waals surface area contributed by atoms with E-state index in [-0.39, 0.29) is 6.04 Å². The van der Waals surface area contributed by atoms with E-state index in [1.807, 2.05) is 20.8 Å². The second-order valence-corrected chi connectivity index (χ2v) is 6.24. The minimum absolute atomic E-state index is 0.164. The molecular weight excluding hydrogens is 324 g/mol. The van der Waals surface area contributed by atoms with Gasteiger partial charge in [0, 0.05) is 25.7 Å². The molecule has 0 radical (unpaired) electrons. The number of nitrogens with one attached hydrogen (secondary N) is 2. The minimum atomic E-state index is -0.578. The van der Waals surface area contributed by atoms with Crippen molar-refractivity contribution in [3.8, 4) is 0 Å². The lowest BCUT2D eigenvalue weighted by atomic mass is 10.3. The average molecular weight is 360 g/mol. The van der Waals surface area contributed by atoms with Crippen LogP contribution in [-0.2, 0) is 9.47 Å². The molecule has 0 fully saturated rings. The summed E-state index contributed by atoms with van der Waals surface area (Å²) in [5.74, 6) is 0. The van der Waals surface area contributed by atoms with Crippen LogP contribution in [0.4, 0.5) is 9.59 Å². The minimum Gasteiger partial charge on any atom is -0.430 e. The Morgan fingerprint density at radius 1 is 0.920 bits per heavy atom. The summed E-state index contributed by atoms with van der Waals surface area (Å²) in [6.45, 7) is 11.0. The monoisotopic (exact) mass is 360 g/mol. The molecule has 0 aliphatic rings. The van der Waals surface area contributed by atoms with Gasteiger partial charge >= 0.3 is 12.2 Å². The first-order chi connectivity index (χ1) is 11.8. The summed E-state index contributed by atoms with van der Waals surface area (Å²) < 4.78 is 10.7. The normalized spacial score (nSPS) is 14.5. The van der Waals surface area contributed by atoms with E-state index in [1.54, 1.807) is 18.7 Å². The summed E-state index contributed by atoms with van der Waals surface area (Å²) in [4.78, 5) is 25.4. The Kier molecular flexibility index (Phi) is 12.9. The third-order valence-corrected chi connectivity index (χ3v) is 3.59. The van der Waals surface area contributed by atoms with E-state index in [2.05, 4.69) is 10.6 Å². The van der Waals surface area contributed by atoms with E-state index in [9.17, 15) is 9.59 Å². The Labute approximate surface area is 151 Å². The number of nitrogens with zero attached hydrogens (tertiary/aromatic N) is 1. The second-order valence-electron chi connectivity index (χ2n) is 6.24. The highest BCUT2D eigenvalue weighted by atomic mass is 16.6. The van der Waals surface area contributed by atoms with Crippen LogP contribution >= 0.6 is 0 Å². The maximum Gasteiger partial charge on any atom is 0.408 e. The van der Waals surface area contributed by atoms with Crippen LogP contribution in [0, 0.1) is 0 Å². The quantitative estimate of drug-likeness (QED) is 0.364. The van der Waals surface area contributed by atoms with Crippen LogP contribution in [0.2, 0.25) is 0 Å². The number of hydrogen-bond acceptors (Lipinski definition) is 6. The largest absolute Gasteiger partial charge is 0.430 e. The van der Waals surface area contributed by atoms with Crippen LogP contribution in [0.25, 0.3) is 0 Å². The Morgan fingerprint density at radius 3 is 1.64 bits per heavy atom. The number of ether oxygens (including phenoxy) is 2. The summed E-state index contributed by atoms with van der Waals surface area (Å²) in [5.41, 5.74) is 5.87. The van der Waals surface area contributed by atoms with Gasteiger partial charge in [-0.05, 0) is 33.6 Å². The van der Waals surface area contributed by atoms with Gasteiger partial charge in [-0.25, -0.2) is 14.5 Å². The number of amides is 2. The van der Waals surface area contributed by atoms with Crippen LogP contribution in [0.15, 0.2) is 0 Å². The maximum atomic E-state index is 11.8. The summed E-state index contributed by atoms with van der Waals surface area (Å²) >= 11 is 0. The third-order valence-electron chi connectivity index (χ3n) is 3.59. The van der Waals surface area contributed by atoms with Crippen LogP contribution in [0.5, 0.6) is 0 Å². The van der Waals surface area contributed by atoms with Crippen molar-refractivity contribution in [3.05, 3.63) is 0 Å². The molecule has 0 bridgehead atoms. The fraction of sp³-hybridized carbons (Fsp3) is 0.882. The molecule has 8 heteroatoms. The molecule has 2 amide bonds. The third kappa shape index (κ3) is 11.6. The summed E-state index contributed by atoms with van der Waals surface area (Å²) in [7, 11) is 0. The van der Waals surface area contributed by atoms with E-state index in [0.29, 0.717) is 19.6 Å². The van der Waals surface area contributed by atoms with Gasteiger partial charge < -0.3 is 25.8 Å². The van der Waals surface area contributed by atoms with Gasteiger partial charge in [0.25, 0.3) is 0 Å². The van der Waals surface area contributed by atoms with Crippen molar-refractivity contribution in [2.24, 2.45) is 5.73 Å². The molecule has 8 nitrogen and oxygen atoms in total. The van der Waals surface area contributed by atoms with Crippen molar-refractivity contribution in [2.45, 2.75) is 78.8 Å². The molecule has 0 aromatic carbocycles. The van der Waals surface area contributed by atoms with E-state index in [1.165, 1.54) is 0 Å². The van der Waals surface area contributed by atoms with Gasteiger partial charge in [-0.15, -0.1) is 0 Å². The smallest absolute Gasteiger partial charge is 0.408 e. The summed E-state index contributed by atoms with van der Waals surface area (Å²) in [6, 6.07) is -0.164. The van der Waals surface area contributed by atoms with E-state index in [4.69, 9.17) is 15.2 Å². The molecule has 0 saturated carbocycles. The Bertz CT molecular complexity index is 350. The second kappa shape index (κ2) is 13.7. The van der Waals surface area contributed by atoms with Gasteiger partial charge in [0.2, 0.25) is 0 Å².